The van der Waals surface area contributed by atoms with Crippen molar-refractivity contribution < 1.29 is 14.0 Å². The number of urea groups is 1. The molecule has 2 aliphatic rings. The first-order valence-electron chi connectivity index (χ1n) is 8.59. The van der Waals surface area contributed by atoms with Gasteiger partial charge in [-0.15, -0.1) is 0 Å². The minimum atomic E-state index is -0.804. The molecule has 1 aromatic heterocycles. The van der Waals surface area contributed by atoms with Crippen LogP contribution in [0.5, 0.6) is 0 Å². The van der Waals surface area contributed by atoms with Crippen molar-refractivity contribution in [1.82, 2.24) is 20.1 Å². The van der Waals surface area contributed by atoms with E-state index in [4.69, 9.17) is 0 Å². The largest absolute Gasteiger partial charge is 0.368 e. The lowest BCUT2D eigenvalue weighted by Gasteiger charge is -2.36. The van der Waals surface area contributed by atoms with E-state index in [2.05, 4.69) is 20.1 Å². The third-order valence-electron chi connectivity index (χ3n) is 4.73. The van der Waals surface area contributed by atoms with E-state index in [0.29, 0.717) is 6.54 Å². The Labute approximate surface area is 146 Å². The summed E-state index contributed by atoms with van der Waals surface area (Å²) in [5.74, 6) is -0.489. The Balaban J connectivity index is 1.43. The molecular weight excluding hydrogens is 325 g/mol. The van der Waals surface area contributed by atoms with Crippen LogP contribution in [0.15, 0.2) is 18.5 Å². The highest BCUT2D eigenvalue weighted by Gasteiger charge is 2.43. The fourth-order valence-electron chi connectivity index (χ4n) is 3.28. The summed E-state index contributed by atoms with van der Waals surface area (Å²) in [6, 6.07) is 1.19. The number of piperazine rings is 1. The SMILES string of the molecule is CC1(C)NC(=O)N(CCCN2CCN(c3cncc(F)c3)CC2)C1=O. The van der Waals surface area contributed by atoms with Gasteiger partial charge >= 0.3 is 6.03 Å². The average molecular weight is 349 g/mol. The van der Waals surface area contributed by atoms with Crippen LogP contribution < -0.4 is 10.2 Å². The number of anilines is 1. The molecule has 3 amide bonds. The van der Waals surface area contributed by atoms with Crippen LogP contribution in [0, 0.1) is 5.82 Å². The number of aromatic nitrogens is 1. The van der Waals surface area contributed by atoms with E-state index in [1.54, 1.807) is 20.0 Å². The Morgan fingerprint density at radius 2 is 1.88 bits per heavy atom. The van der Waals surface area contributed by atoms with Crippen molar-refractivity contribution in [2.75, 3.05) is 44.2 Å². The molecule has 2 saturated heterocycles. The number of nitrogens with zero attached hydrogens (tertiary/aromatic N) is 4. The van der Waals surface area contributed by atoms with Gasteiger partial charge in [-0.05, 0) is 26.8 Å². The zero-order valence-electron chi connectivity index (χ0n) is 14.7. The molecule has 3 rings (SSSR count). The minimum absolute atomic E-state index is 0.166. The Bertz CT molecular complexity index is 658. The van der Waals surface area contributed by atoms with Gasteiger partial charge in [0, 0.05) is 38.8 Å². The first kappa shape index (κ1) is 17.6. The molecule has 3 heterocycles. The minimum Gasteiger partial charge on any atom is -0.368 e. The normalized spacial score (nSPS) is 20.9. The number of imide groups is 1. The quantitative estimate of drug-likeness (QED) is 0.805. The third-order valence-corrected chi connectivity index (χ3v) is 4.73. The standard InChI is InChI=1S/C17H24FN5O2/c1-17(2)15(24)23(16(25)20-17)5-3-4-21-6-8-22(9-7-21)14-10-13(18)11-19-12-14/h10-12H,3-9H2,1-2H3,(H,20,25). The predicted octanol–water partition coefficient (Wildman–Crippen LogP) is 1.06. The zero-order valence-corrected chi connectivity index (χ0v) is 14.7. The van der Waals surface area contributed by atoms with Crippen LogP contribution in [-0.4, -0.2) is 71.5 Å². The summed E-state index contributed by atoms with van der Waals surface area (Å²) in [7, 11) is 0. The summed E-state index contributed by atoms with van der Waals surface area (Å²) >= 11 is 0. The second kappa shape index (κ2) is 6.95. The van der Waals surface area contributed by atoms with Gasteiger partial charge in [0.05, 0.1) is 18.1 Å². The highest BCUT2D eigenvalue weighted by Crippen LogP contribution is 2.18. The van der Waals surface area contributed by atoms with E-state index in [0.717, 1.165) is 44.8 Å². The average Bonchev–Trinajstić information content (AvgIpc) is 2.77. The van der Waals surface area contributed by atoms with Crippen LogP contribution in [0.2, 0.25) is 0 Å². The molecule has 25 heavy (non-hydrogen) atoms. The Morgan fingerprint density at radius 1 is 1.16 bits per heavy atom. The third kappa shape index (κ3) is 3.89. The molecule has 8 heteroatoms. The molecule has 0 bridgehead atoms. The van der Waals surface area contributed by atoms with Crippen molar-refractivity contribution in [2.24, 2.45) is 0 Å². The summed E-state index contributed by atoms with van der Waals surface area (Å²) < 4.78 is 13.3. The van der Waals surface area contributed by atoms with Gasteiger partial charge in [-0.2, -0.15) is 0 Å². The van der Waals surface area contributed by atoms with Gasteiger partial charge in [0.15, 0.2) is 0 Å². The van der Waals surface area contributed by atoms with Gasteiger partial charge in [0.2, 0.25) is 0 Å². The van der Waals surface area contributed by atoms with Crippen molar-refractivity contribution in [3.05, 3.63) is 24.3 Å². The van der Waals surface area contributed by atoms with Gasteiger partial charge in [-0.1, -0.05) is 0 Å². The van der Waals surface area contributed by atoms with E-state index in [1.165, 1.54) is 17.2 Å². The molecule has 0 unspecified atom stereocenters. The summed E-state index contributed by atoms with van der Waals surface area (Å²) in [4.78, 5) is 33.6. The Hall–Kier alpha value is -2.22. The first-order chi connectivity index (χ1) is 11.9. The van der Waals surface area contributed by atoms with E-state index >= 15 is 0 Å². The molecule has 1 aromatic rings. The van der Waals surface area contributed by atoms with Crippen LogP contribution in [0.25, 0.3) is 0 Å². The van der Waals surface area contributed by atoms with E-state index in [1.807, 2.05) is 0 Å². The molecule has 0 aromatic carbocycles. The van der Waals surface area contributed by atoms with Gasteiger partial charge in [0.1, 0.15) is 11.4 Å². The fourth-order valence-corrected chi connectivity index (χ4v) is 3.28. The van der Waals surface area contributed by atoms with Crippen LogP contribution in [0.1, 0.15) is 20.3 Å². The number of carbonyl (C=O) groups is 2. The van der Waals surface area contributed by atoms with Crippen LogP contribution in [0.4, 0.5) is 14.9 Å². The second-order valence-electron chi connectivity index (χ2n) is 7.06. The zero-order chi connectivity index (χ0) is 18.0. The number of hydrogen-bond donors (Lipinski definition) is 1. The van der Waals surface area contributed by atoms with Gasteiger partial charge in [-0.25, -0.2) is 9.18 Å². The monoisotopic (exact) mass is 349 g/mol. The lowest BCUT2D eigenvalue weighted by molar-refractivity contribution is -0.130. The molecule has 1 N–H and O–H groups in total. The topological polar surface area (TPSA) is 68.8 Å². The Kier molecular flexibility index (Phi) is 4.89. The number of rotatable bonds is 5. The van der Waals surface area contributed by atoms with E-state index in [-0.39, 0.29) is 17.8 Å². The first-order valence-corrected chi connectivity index (χ1v) is 8.59. The van der Waals surface area contributed by atoms with Gasteiger partial charge in [-0.3, -0.25) is 19.6 Å². The number of pyridine rings is 1. The lowest BCUT2D eigenvalue weighted by Crippen LogP contribution is -2.47. The van der Waals surface area contributed by atoms with Crippen LogP contribution in [0.3, 0.4) is 0 Å². The van der Waals surface area contributed by atoms with Gasteiger partial charge < -0.3 is 10.2 Å². The smallest absolute Gasteiger partial charge is 0.325 e. The van der Waals surface area contributed by atoms with Crippen molar-refractivity contribution >= 4 is 17.6 Å². The highest BCUT2D eigenvalue weighted by atomic mass is 19.1. The molecule has 0 atom stereocenters. The summed E-state index contributed by atoms with van der Waals surface area (Å²) in [5.41, 5.74) is 0.00281. The number of amides is 3. The highest BCUT2D eigenvalue weighted by molar-refractivity contribution is 6.06. The van der Waals surface area contributed by atoms with E-state index < -0.39 is 5.54 Å². The van der Waals surface area contributed by atoms with Gasteiger partial charge in [0.25, 0.3) is 5.91 Å². The predicted molar refractivity (Wildman–Crippen MR) is 91.8 cm³/mol. The maximum Gasteiger partial charge on any atom is 0.325 e. The number of hydrogen-bond acceptors (Lipinski definition) is 5. The lowest BCUT2D eigenvalue weighted by atomic mass is 10.1. The van der Waals surface area contributed by atoms with Crippen LogP contribution in [-0.2, 0) is 4.79 Å². The van der Waals surface area contributed by atoms with Crippen molar-refractivity contribution in [3.63, 3.8) is 0 Å². The molecule has 2 fully saturated rings. The molecule has 0 aliphatic carbocycles. The fraction of sp³-hybridized carbons (Fsp3) is 0.588. The van der Waals surface area contributed by atoms with Crippen LogP contribution >= 0.6 is 0 Å². The summed E-state index contributed by atoms with van der Waals surface area (Å²) in [5, 5.41) is 2.69. The molecule has 0 radical (unpaired) electrons. The maximum atomic E-state index is 13.3. The molecule has 136 valence electrons. The molecule has 0 saturated carbocycles. The maximum absolute atomic E-state index is 13.3. The van der Waals surface area contributed by atoms with Crippen molar-refractivity contribution in [3.8, 4) is 0 Å². The van der Waals surface area contributed by atoms with Crippen molar-refractivity contribution in [1.29, 1.82) is 0 Å². The molecule has 7 nitrogen and oxygen atoms in total. The number of nitrogens with one attached hydrogen (secondary N) is 1. The number of halogens is 1. The summed E-state index contributed by atoms with van der Waals surface area (Å²) in [6.45, 7) is 8.03. The number of carbonyl (C=O) groups excluding carboxylic acids is 2. The summed E-state index contributed by atoms with van der Waals surface area (Å²) in [6.07, 6.45) is 3.63. The second-order valence-corrected chi connectivity index (χ2v) is 7.06. The Morgan fingerprint density at radius 3 is 2.48 bits per heavy atom. The van der Waals surface area contributed by atoms with E-state index in [9.17, 15) is 14.0 Å². The van der Waals surface area contributed by atoms with Crippen molar-refractivity contribution in [2.45, 2.75) is 25.8 Å². The molecular formula is C17H24FN5O2. The molecule has 2 aliphatic heterocycles. The molecule has 0 spiro atoms.